The third kappa shape index (κ3) is 4.17. The van der Waals surface area contributed by atoms with Gasteiger partial charge in [-0.25, -0.2) is 9.18 Å². The van der Waals surface area contributed by atoms with E-state index in [2.05, 4.69) is 0 Å². The number of hydrogen-bond donors (Lipinski definition) is 1. The molecule has 20 heavy (non-hydrogen) atoms. The predicted octanol–water partition coefficient (Wildman–Crippen LogP) is -0.628. The molecule has 0 aliphatic carbocycles. The van der Waals surface area contributed by atoms with Crippen LogP contribution in [0.25, 0.3) is 12.2 Å². The minimum absolute atomic E-state index is 0. The smallest absolute Gasteiger partial charge is 0.370 e. The highest BCUT2D eigenvalue weighted by molar-refractivity contribution is 5.68. The molecule has 0 bridgehead atoms. The number of aromatic nitrogens is 1. The van der Waals surface area contributed by atoms with Gasteiger partial charge in [-0.05, 0) is 18.2 Å². The van der Waals surface area contributed by atoms with Gasteiger partial charge in [0.05, 0.1) is 0 Å². The third-order valence-corrected chi connectivity index (χ3v) is 2.62. The van der Waals surface area contributed by atoms with Crippen molar-refractivity contribution in [2.75, 3.05) is 0 Å². The molecule has 0 atom stereocenters. The van der Waals surface area contributed by atoms with Gasteiger partial charge in [0.15, 0.2) is 6.20 Å². The van der Waals surface area contributed by atoms with Crippen LogP contribution in [-0.2, 0) is 11.3 Å². The number of rotatable bonds is 4. The Labute approximate surface area is 122 Å². The molecule has 0 aliphatic heterocycles. The molecule has 0 aliphatic rings. The van der Waals surface area contributed by atoms with E-state index in [4.69, 9.17) is 5.11 Å². The van der Waals surface area contributed by atoms with E-state index in [0.717, 1.165) is 0 Å². The van der Waals surface area contributed by atoms with Crippen LogP contribution < -0.4 is 17.0 Å². The zero-order chi connectivity index (χ0) is 13.7. The zero-order valence-corrected chi connectivity index (χ0v) is 11.3. The van der Waals surface area contributed by atoms with E-state index in [1.54, 1.807) is 59.3 Å². The van der Waals surface area contributed by atoms with Crippen LogP contribution in [0.3, 0.4) is 0 Å². The lowest BCUT2D eigenvalue weighted by Gasteiger charge is -1.98. The van der Waals surface area contributed by atoms with Gasteiger partial charge in [0.25, 0.3) is 0 Å². The number of halogens is 2. The molecule has 1 N–H and O–H groups in total. The fourth-order valence-electron chi connectivity index (χ4n) is 1.72. The average molecular weight is 294 g/mol. The lowest BCUT2D eigenvalue weighted by Crippen LogP contribution is -3.00. The fourth-order valence-corrected chi connectivity index (χ4v) is 1.72. The Morgan fingerprint density at radius 2 is 1.85 bits per heavy atom. The van der Waals surface area contributed by atoms with E-state index in [-0.39, 0.29) is 24.8 Å². The number of carbonyl (C=O) groups is 1. The van der Waals surface area contributed by atoms with Crippen LogP contribution in [0.5, 0.6) is 0 Å². The minimum Gasteiger partial charge on any atom is -1.00 e. The van der Waals surface area contributed by atoms with Crippen molar-refractivity contribution in [3.8, 4) is 0 Å². The first-order chi connectivity index (χ1) is 9.16. The first-order valence-corrected chi connectivity index (χ1v) is 5.80. The van der Waals surface area contributed by atoms with Gasteiger partial charge in [0, 0.05) is 23.8 Å². The molecule has 1 aromatic heterocycles. The van der Waals surface area contributed by atoms with Gasteiger partial charge in [0.2, 0.25) is 12.2 Å². The molecule has 5 heteroatoms. The quantitative estimate of drug-likeness (QED) is 0.763. The summed E-state index contributed by atoms with van der Waals surface area (Å²) in [5, 5.41) is 8.82. The number of benzene rings is 1. The second-order valence-corrected chi connectivity index (χ2v) is 4.00. The third-order valence-electron chi connectivity index (χ3n) is 2.62. The maximum Gasteiger partial charge on any atom is 0.370 e. The molecule has 0 amide bonds. The maximum absolute atomic E-state index is 13.5. The highest BCUT2D eigenvalue weighted by Crippen LogP contribution is 2.10. The van der Waals surface area contributed by atoms with Gasteiger partial charge in [-0.3, -0.25) is 0 Å². The number of nitrogens with zero attached hydrogens (tertiary/aromatic N) is 1. The Morgan fingerprint density at radius 1 is 1.15 bits per heavy atom. The van der Waals surface area contributed by atoms with E-state index in [9.17, 15) is 9.18 Å². The lowest BCUT2D eigenvalue weighted by atomic mass is 10.2. The normalized spacial score (nSPS) is 10.2. The van der Waals surface area contributed by atoms with E-state index in [1.807, 2.05) is 0 Å². The fraction of sp³-hybridized carbons (Fsp3) is 0.0667. The summed E-state index contributed by atoms with van der Waals surface area (Å²) < 4.78 is 15.0. The standard InChI is InChI=1S/C15H12FNO2.ClH/c16-14-7-2-1-5-12(14)8-9-13-6-3-4-10-17(13)11-15(18)19;/h1-10H,11H2;1H/b9-8+;. The highest BCUT2D eigenvalue weighted by atomic mass is 35.5. The van der Waals surface area contributed by atoms with Crippen LogP contribution in [0.2, 0.25) is 0 Å². The van der Waals surface area contributed by atoms with E-state index >= 15 is 0 Å². The summed E-state index contributed by atoms with van der Waals surface area (Å²) in [5.41, 5.74) is 1.17. The Balaban J connectivity index is 0.00000200. The molecule has 2 aromatic rings. The van der Waals surface area contributed by atoms with Crippen LogP contribution in [0.1, 0.15) is 11.3 Å². The summed E-state index contributed by atoms with van der Waals surface area (Å²) >= 11 is 0. The highest BCUT2D eigenvalue weighted by Gasteiger charge is 2.10. The first-order valence-electron chi connectivity index (χ1n) is 5.80. The molecule has 1 aromatic carbocycles. The summed E-state index contributed by atoms with van der Waals surface area (Å²) in [7, 11) is 0. The van der Waals surface area contributed by atoms with Crippen molar-refractivity contribution in [3.63, 3.8) is 0 Å². The maximum atomic E-state index is 13.5. The van der Waals surface area contributed by atoms with Crippen molar-refractivity contribution in [2.45, 2.75) is 6.54 Å². The van der Waals surface area contributed by atoms with Crippen molar-refractivity contribution >= 4 is 18.1 Å². The first kappa shape index (κ1) is 15.9. The van der Waals surface area contributed by atoms with Gasteiger partial charge >= 0.3 is 5.97 Å². The van der Waals surface area contributed by atoms with Gasteiger partial charge < -0.3 is 17.5 Å². The molecule has 3 nitrogen and oxygen atoms in total. The van der Waals surface area contributed by atoms with E-state index in [1.165, 1.54) is 6.07 Å². The predicted molar refractivity (Wildman–Crippen MR) is 69.6 cm³/mol. The molecular weight excluding hydrogens is 281 g/mol. The summed E-state index contributed by atoms with van der Waals surface area (Å²) in [4.78, 5) is 10.7. The molecule has 1 heterocycles. The Morgan fingerprint density at radius 3 is 2.55 bits per heavy atom. The van der Waals surface area contributed by atoms with Crippen molar-refractivity contribution < 1.29 is 31.3 Å². The molecule has 0 saturated heterocycles. The van der Waals surface area contributed by atoms with Crippen molar-refractivity contribution in [1.29, 1.82) is 0 Å². The van der Waals surface area contributed by atoms with Crippen molar-refractivity contribution in [3.05, 3.63) is 65.7 Å². The van der Waals surface area contributed by atoms with Crippen LogP contribution in [0.15, 0.2) is 48.7 Å². The molecular formula is C15H13ClFNO2. The summed E-state index contributed by atoms with van der Waals surface area (Å²) in [6.07, 6.45) is 5.00. The number of carboxylic acids is 1. The zero-order valence-electron chi connectivity index (χ0n) is 10.5. The van der Waals surface area contributed by atoms with Gasteiger partial charge in [-0.15, -0.1) is 0 Å². The molecule has 0 fully saturated rings. The minimum atomic E-state index is -0.920. The SMILES string of the molecule is O=C(O)C[n+]1ccccc1/C=C/c1ccccc1F.[Cl-]. The Bertz CT molecular complexity index is 629. The summed E-state index contributed by atoms with van der Waals surface area (Å²) in [5.74, 6) is -1.23. The van der Waals surface area contributed by atoms with Gasteiger partial charge in [0.1, 0.15) is 5.82 Å². The van der Waals surface area contributed by atoms with Crippen molar-refractivity contribution in [1.82, 2.24) is 0 Å². The monoisotopic (exact) mass is 293 g/mol. The molecule has 104 valence electrons. The average Bonchev–Trinajstić information content (AvgIpc) is 2.39. The second-order valence-electron chi connectivity index (χ2n) is 4.00. The summed E-state index contributed by atoms with van der Waals surface area (Å²) in [6, 6.07) is 11.8. The van der Waals surface area contributed by atoms with Crippen LogP contribution in [-0.4, -0.2) is 11.1 Å². The molecule has 0 radical (unpaired) electrons. The topological polar surface area (TPSA) is 41.2 Å². The lowest BCUT2D eigenvalue weighted by molar-refractivity contribution is -0.687. The second kappa shape index (κ2) is 7.40. The van der Waals surface area contributed by atoms with Crippen molar-refractivity contribution in [2.24, 2.45) is 0 Å². The van der Waals surface area contributed by atoms with E-state index in [0.29, 0.717) is 11.3 Å². The Hall–Kier alpha value is -2.20. The Kier molecular flexibility index (Phi) is 5.87. The van der Waals surface area contributed by atoms with Crippen LogP contribution in [0.4, 0.5) is 4.39 Å². The van der Waals surface area contributed by atoms with Gasteiger partial charge in [-0.2, -0.15) is 4.57 Å². The van der Waals surface area contributed by atoms with Crippen LogP contribution in [0, 0.1) is 5.82 Å². The van der Waals surface area contributed by atoms with Gasteiger partial charge in [-0.1, -0.05) is 18.2 Å². The summed E-state index contributed by atoms with van der Waals surface area (Å²) in [6.45, 7) is -0.127. The molecule has 0 unspecified atom stereocenters. The molecule has 2 rings (SSSR count). The number of hydrogen-bond acceptors (Lipinski definition) is 1. The number of aliphatic carboxylic acids is 1. The molecule has 0 spiro atoms. The van der Waals surface area contributed by atoms with E-state index < -0.39 is 5.97 Å². The molecule has 0 saturated carbocycles. The largest absolute Gasteiger partial charge is 1.00 e. The van der Waals surface area contributed by atoms with Crippen LogP contribution >= 0.6 is 0 Å². The number of carboxylic acid groups (broad SMARTS) is 1. The number of pyridine rings is 1.